The Hall–Kier alpha value is -2.08. The molecule has 6 heteroatoms. The van der Waals surface area contributed by atoms with Crippen LogP contribution in [0.2, 0.25) is 0 Å². The van der Waals surface area contributed by atoms with Crippen LogP contribution in [0, 0.1) is 18.8 Å². The average molecular weight is 371 g/mol. The Labute approximate surface area is 159 Å². The topological polar surface area (TPSA) is 58.1 Å². The van der Waals surface area contributed by atoms with Gasteiger partial charge in [-0.05, 0) is 36.8 Å². The number of carbonyl (C=O) groups excluding carboxylic acids is 1. The van der Waals surface area contributed by atoms with Gasteiger partial charge in [0.2, 0.25) is 5.91 Å². The van der Waals surface area contributed by atoms with E-state index in [2.05, 4.69) is 34.0 Å². The van der Waals surface area contributed by atoms with Gasteiger partial charge in [-0.3, -0.25) is 4.79 Å². The van der Waals surface area contributed by atoms with E-state index in [0.717, 1.165) is 35.2 Å². The number of amides is 1. The van der Waals surface area contributed by atoms with Gasteiger partial charge in [-0.25, -0.2) is 9.97 Å². The van der Waals surface area contributed by atoms with Crippen LogP contribution in [0.1, 0.15) is 25.8 Å². The maximum Gasteiger partial charge on any atom is 0.234 e. The van der Waals surface area contributed by atoms with Gasteiger partial charge in [0.25, 0.3) is 0 Å². The third-order valence-corrected chi connectivity index (χ3v) is 5.52. The van der Waals surface area contributed by atoms with Crippen LogP contribution in [0.25, 0.3) is 0 Å². The van der Waals surface area contributed by atoms with E-state index in [1.54, 1.807) is 6.33 Å². The number of nitrogens with one attached hydrogen (secondary N) is 1. The van der Waals surface area contributed by atoms with E-state index in [-0.39, 0.29) is 5.91 Å². The summed E-state index contributed by atoms with van der Waals surface area (Å²) in [5.41, 5.74) is 1.92. The van der Waals surface area contributed by atoms with Crippen LogP contribution in [0.3, 0.4) is 0 Å². The summed E-state index contributed by atoms with van der Waals surface area (Å²) in [5.74, 6) is 2.61. The molecule has 1 N–H and O–H groups in total. The summed E-state index contributed by atoms with van der Waals surface area (Å²) in [6, 6.07) is 9.79. The summed E-state index contributed by atoms with van der Waals surface area (Å²) in [5, 5.41) is 3.79. The summed E-state index contributed by atoms with van der Waals surface area (Å²) in [6.07, 6.45) is 2.86. The Morgan fingerprint density at radius 1 is 1.23 bits per heavy atom. The van der Waals surface area contributed by atoms with Gasteiger partial charge in [-0.1, -0.05) is 43.8 Å². The summed E-state index contributed by atoms with van der Waals surface area (Å²) in [7, 11) is 0. The van der Waals surface area contributed by atoms with Crippen LogP contribution in [-0.2, 0) is 4.79 Å². The highest BCUT2D eigenvalue weighted by molar-refractivity contribution is 7.99. The normalized spacial score (nSPS) is 20.0. The average Bonchev–Trinajstić information content (AvgIpc) is 2.61. The van der Waals surface area contributed by atoms with Crippen LogP contribution < -0.4 is 10.2 Å². The fraction of sp³-hybridized carbons (Fsp3) is 0.450. The molecule has 1 aromatic carbocycles. The molecule has 3 rings (SSSR count). The molecule has 0 unspecified atom stereocenters. The van der Waals surface area contributed by atoms with E-state index in [1.165, 1.54) is 18.2 Å². The Balaban J connectivity index is 1.58. The molecule has 0 bridgehead atoms. The van der Waals surface area contributed by atoms with Gasteiger partial charge in [0, 0.05) is 24.8 Å². The Bertz CT molecular complexity index is 757. The van der Waals surface area contributed by atoms with Gasteiger partial charge in [0.05, 0.1) is 5.75 Å². The van der Waals surface area contributed by atoms with Crippen LogP contribution in [-0.4, -0.2) is 34.7 Å². The maximum absolute atomic E-state index is 12.2. The number of hydrogen-bond donors (Lipinski definition) is 1. The Kier molecular flexibility index (Phi) is 6.14. The maximum atomic E-state index is 12.2. The van der Waals surface area contributed by atoms with Crippen LogP contribution in [0.15, 0.2) is 41.7 Å². The first-order chi connectivity index (χ1) is 12.5. The molecule has 26 heavy (non-hydrogen) atoms. The molecule has 0 spiro atoms. The fourth-order valence-corrected chi connectivity index (χ4v) is 4.13. The lowest BCUT2D eigenvalue weighted by molar-refractivity contribution is -0.113. The van der Waals surface area contributed by atoms with Crippen molar-refractivity contribution in [3.63, 3.8) is 0 Å². The van der Waals surface area contributed by atoms with E-state index < -0.39 is 0 Å². The zero-order valence-corrected chi connectivity index (χ0v) is 16.4. The Morgan fingerprint density at radius 3 is 2.69 bits per heavy atom. The lowest BCUT2D eigenvalue weighted by Crippen LogP contribution is -2.39. The highest BCUT2D eigenvalue weighted by Crippen LogP contribution is 2.27. The molecule has 0 radical (unpaired) electrons. The van der Waals surface area contributed by atoms with Crippen molar-refractivity contribution in [3.8, 4) is 0 Å². The molecule has 2 atom stereocenters. The molecular weight excluding hydrogens is 344 g/mol. The number of piperidine rings is 1. The van der Waals surface area contributed by atoms with Crippen molar-refractivity contribution in [1.82, 2.24) is 9.97 Å². The number of thioether (sulfide) groups is 1. The third kappa shape index (κ3) is 4.97. The Morgan fingerprint density at radius 2 is 1.96 bits per heavy atom. The number of aryl methyl sites for hydroxylation is 1. The highest BCUT2D eigenvalue weighted by atomic mass is 32.2. The SMILES string of the molecule is Cc1ccccc1NC(=O)CSc1cc(N2C[C@H](C)C[C@H](C)C2)ncn1. The van der Waals surface area contributed by atoms with Crippen molar-refractivity contribution < 1.29 is 4.79 Å². The lowest BCUT2D eigenvalue weighted by Gasteiger charge is -2.35. The van der Waals surface area contributed by atoms with E-state index in [4.69, 9.17) is 0 Å². The first-order valence-corrected chi connectivity index (χ1v) is 10.0. The second kappa shape index (κ2) is 8.54. The van der Waals surface area contributed by atoms with Crippen molar-refractivity contribution in [2.24, 2.45) is 11.8 Å². The largest absolute Gasteiger partial charge is 0.356 e. The summed E-state index contributed by atoms with van der Waals surface area (Å²) < 4.78 is 0. The van der Waals surface area contributed by atoms with Crippen LogP contribution >= 0.6 is 11.8 Å². The third-order valence-electron chi connectivity index (χ3n) is 4.59. The monoisotopic (exact) mass is 370 g/mol. The molecule has 138 valence electrons. The van der Waals surface area contributed by atoms with Crippen LogP contribution in [0.5, 0.6) is 0 Å². The summed E-state index contributed by atoms with van der Waals surface area (Å²) in [4.78, 5) is 23.3. The molecule has 2 heterocycles. The minimum atomic E-state index is -0.0234. The highest BCUT2D eigenvalue weighted by Gasteiger charge is 2.23. The number of anilines is 2. The first-order valence-electron chi connectivity index (χ1n) is 9.06. The van der Waals surface area contributed by atoms with Gasteiger partial charge in [0.15, 0.2) is 0 Å². The van der Waals surface area contributed by atoms with Crippen molar-refractivity contribution in [1.29, 1.82) is 0 Å². The number of nitrogens with zero attached hydrogens (tertiary/aromatic N) is 3. The van der Waals surface area contributed by atoms with Gasteiger partial charge in [-0.2, -0.15) is 0 Å². The minimum absolute atomic E-state index is 0.0234. The minimum Gasteiger partial charge on any atom is -0.356 e. The fourth-order valence-electron chi connectivity index (χ4n) is 3.47. The van der Waals surface area contributed by atoms with Crippen LogP contribution in [0.4, 0.5) is 11.5 Å². The molecular formula is C20H26N4OS. The number of aromatic nitrogens is 2. The van der Waals surface area contributed by atoms with Gasteiger partial charge in [-0.15, -0.1) is 0 Å². The van der Waals surface area contributed by atoms with E-state index in [9.17, 15) is 4.79 Å². The quantitative estimate of drug-likeness (QED) is 0.637. The number of hydrogen-bond acceptors (Lipinski definition) is 5. The second-order valence-corrected chi connectivity index (χ2v) is 8.21. The molecule has 1 aliphatic heterocycles. The molecule has 1 fully saturated rings. The molecule has 2 aromatic rings. The van der Waals surface area contributed by atoms with E-state index >= 15 is 0 Å². The summed E-state index contributed by atoms with van der Waals surface area (Å²) in [6.45, 7) is 8.61. The number of carbonyl (C=O) groups is 1. The van der Waals surface area contributed by atoms with Crippen molar-refractivity contribution in [2.45, 2.75) is 32.2 Å². The number of rotatable bonds is 5. The van der Waals surface area contributed by atoms with Crippen molar-refractivity contribution in [3.05, 3.63) is 42.2 Å². The standard InChI is InChI=1S/C20H26N4OS/c1-14-8-15(2)11-24(10-14)18-9-20(22-13-21-18)26-12-19(25)23-17-7-5-4-6-16(17)3/h4-7,9,13-15H,8,10-12H2,1-3H3,(H,23,25)/t14-,15+. The number of benzene rings is 1. The zero-order valence-electron chi connectivity index (χ0n) is 15.6. The molecule has 0 saturated carbocycles. The van der Waals surface area contributed by atoms with E-state index in [0.29, 0.717) is 17.6 Å². The van der Waals surface area contributed by atoms with Crippen molar-refractivity contribution in [2.75, 3.05) is 29.1 Å². The second-order valence-electron chi connectivity index (χ2n) is 7.22. The zero-order chi connectivity index (χ0) is 18.5. The van der Waals surface area contributed by atoms with Gasteiger partial charge >= 0.3 is 0 Å². The number of para-hydroxylation sites is 1. The molecule has 5 nitrogen and oxygen atoms in total. The molecule has 1 saturated heterocycles. The lowest BCUT2D eigenvalue weighted by atomic mass is 9.92. The van der Waals surface area contributed by atoms with E-state index in [1.807, 2.05) is 37.3 Å². The first kappa shape index (κ1) is 18.7. The predicted octanol–water partition coefficient (Wildman–Crippen LogP) is 4.00. The molecule has 1 aliphatic rings. The molecule has 1 amide bonds. The summed E-state index contributed by atoms with van der Waals surface area (Å²) >= 11 is 1.44. The van der Waals surface area contributed by atoms with Gasteiger partial charge in [0.1, 0.15) is 17.2 Å². The smallest absolute Gasteiger partial charge is 0.234 e. The molecule has 1 aromatic heterocycles. The predicted molar refractivity (Wildman–Crippen MR) is 108 cm³/mol. The van der Waals surface area contributed by atoms with Crippen molar-refractivity contribution >= 4 is 29.2 Å². The molecule has 0 aliphatic carbocycles. The van der Waals surface area contributed by atoms with Gasteiger partial charge < -0.3 is 10.2 Å².